The number of carbonyl (C=O) groups is 1. The van der Waals surface area contributed by atoms with Gasteiger partial charge in [-0.05, 0) is 54.9 Å². The minimum Gasteiger partial charge on any atom is -0.466 e. The number of esters is 1. The minimum atomic E-state index is -0.0913. The Bertz CT molecular complexity index is 495. The van der Waals surface area contributed by atoms with E-state index in [1.807, 2.05) is 19.1 Å². The minimum absolute atomic E-state index is 0.0913. The van der Waals surface area contributed by atoms with E-state index in [0.717, 1.165) is 29.5 Å². The molecule has 0 saturated carbocycles. The summed E-state index contributed by atoms with van der Waals surface area (Å²) in [6.07, 6.45) is 2.40. The molecule has 0 aliphatic heterocycles. The van der Waals surface area contributed by atoms with Gasteiger partial charge in [-0.15, -0.1) is 0 Å². The van der Waals surface area contributed by atoms with Crippen molar-refractivity contribution in [3.8, 4) is 0 Å². The van der Waals surface area contributed by atoms with Crippen molar-refractivity contribution < 1.29 is 9.53 Å². The van der Waals surface area contributed by atoms with Gasteiger partial charge in [0, 0.05) is 23.1 Å². The van der Waals surface area contributed by atoms with Gasteiger partial charge in [-0.2, -0.15) is 0 Å². The van der Waals surface area contributed by atoms with Crippen LogP contribution >= 0.6 is 15.9 Å². The first-order valence-corrected chi connectivity index (χ1v) is 9.08. The number of hydrogen-bond acceptors (Lipinski definition) is 3. The van der Waals surface area contributed by atoms with E-state index in [0.29, 0.717) is 13.0 Å². The molecule has 0 aliphatic carbocycles. The summed E-state index contributed by atoms with van der Waals surface area (Å²) >= 11 is 3.45. The second-order valence-electron chi connectivity index (χ2n) is 7.67. The van der Waals surface area contributed by atoms with Crippen LogP contribution in [0.25, 0.3) is 0 Å². The zero-order valence-electron chi connectivity index (χ0n) is 15.0. The summed E-state index contributed by atoms with van der Waals surface area (Å²) in [6.45, 7) is 12.2. The summed E-state index contributed by atoms with van der Waals surface area (Å²) in [5, 5.41) is 3.51. The van der Waals surface area contributed by atoms with Gasteiger partial charge in [-0.3, -0.25) is 4.79 Å². The number of anilines is 1. The maximum absolute atomic E-state index is 11.6. The molecule has 0 unspecified atom stereocenters. The number of ether oxygens (including phenoxy) is 1. The number of halogens is 1. The molecule has 1 aromatic rings. The zero-order chi connectivity index (χ0) is 17.5. The van der Waals surface area contributed by atoms with E-state index < -0.39 is 0 Å². The van der Waals surface area contributed by atoms with Gasteiger partial charge in [0.2, 0.25) is 0 Å². The summed E-state index contributed by atoms with van der Waals surface area (Å²) < 4.78 is 6.11. The van der Waals surface area contributed by atoms with Crippen LogP contribution in [0.15, 0.2) is 28.7 Å². The summed E-state index contributed by atoms with van der Waals surface area (Å²) in [5.74, 6) is -0.0913. The van der Waals surface area contributed by atoms with E-state index in [9.17, 15) is 4.79 Å². The van der Waals surface area contributed by atoms with Gasteiger partial charge < -0.3 is 10.1 Å². The molecule has 3 nitrogen and oxygen atoms in total. The first-order chi connectivity index (χ1) is 10.6. The molecule has 0 atom stereocenters. The molecule has 23 heavy (non-hydrogen) atoms. The molecule has 1 rings (SSSR count). The molecule has 1 aromatic carbocycles. The molecular weight excluding hydrogens is 354 g/mol. The molecule has 0 saturated heterocycles. The van der Waals surface area contributed by atoms with E-state index >= 15 is 0 Å². The molecule has 0 spiro atoms. The van der Waals surface area contributed by atoms with Crippen LogP contribution in [0.4, 0.5) is 5.69 Å². The van der Waals surface area contributed by atoms with Gasteiger partial charge in [-0.25, -0.2) is 0 Å². The van der Waals surface area contributed by atoms with E-state index in [4.69, 9.17) is 4.74 Å². The Balaban J connectivity index is 2.48. The van der Waals surface area contributed by atoms with Gasteiger partial charge >= 0.3 is 5.97 Å². The SMILES string of the molecule is CCOC(=O)CCC(C)(C)CC(C)(C)CNc1ccc(Br)cc1. The van der Waals surface area contributed by atoms with Crippen molar-refractivity contribution in [1.82, 2.24) is 0 Å². The van der Waals surface area contributed by atoms with Crippen LogP contribution in [0, 0.1) is 10.8 Å². The lowest BCUT2D eigenvalue weighted by atomic mass is 9.73. The molecule has 0 amide bonds. The highest BCUT2D eigenvalue weighted by atomic mass is 79.9. The average molecular weight is 384 g/mol. The maximum Gasteiger partial charge on any atom is 0.305 e. The van der Waals surface area contributed by atoms with Crippen molar-refractivity contribution >= 4 is 27.6 Å². The van der Waals surface area contributed by atoms with Crippen molar-refractivity contribution in [2.75, 3.05) is 18.5 Å². The number of benzene rings is 1. The highest BCUT2D eigenvalue weighted by Crippen LogP contribution is 2.37. The van der Waals surface area contributed by atoms with Gasteiger partial charge in [0.15, 0.2) is 0 Å². The van der Waals surface area contributed by atoms with Crippen LogP contribution in [0.2, 0.25) is 0 Å². The lowest BCUT2D eigenvalue weighted by Crippen LogP contribution is -2.30. The van der Waals surface area contributed by atoms with Gasteiger partial charge in [0.25, 0.3) is 0 Å². The predicted molar refractivity (Wildman–Crippen MR) is 101 cm³/mol. The molecule has 0 heterocycles. The Morgan fingerprint density at radius 2 is 1.74 bits per heavy atom. The molecule has 0 radical (unpaired) electrons. The van der Waals surface area contributed by atoms with Gasteiger partial charge in [0.1, 0.15) is 0 Å². The number of rotatable bonds is 9. The molecule has 0 aromatic heterocycles. The van der Waals surface area contributed by atoms with Crippen molar-refractivity contribution in [1.29, 1.82) is 0 Å². The Hall–Kier alpha value is -1.03. The first-order valence-electron chi connectivity index (χ1n) is 8.29. The highest BCUT2D eigenvalue weighted by molar-refractivity contribution is 9.10. The smallest absolute Gasteiger partial charge is 0.305 e. The summed E-state index contributed by atoms with van der Waals surface area (Å²) in [6, 6.07) is 8.23. The van der Waals surface area contributed by atoms with Crippen LogP contribution in [0.1, 0.15) is 53.9 Å². The number of carbonyl (C=O) groups excluding carboxylic acids is 1. The van der Waals surface area contributed by atoms with Crippen LogP contribution in [0.3, 0.4) is 0 Å². The van der Waals surface area contributed by atoms with Crippen LogP contribution in [-0.2, 0) is 9.53 Å². The topological polar surface area (TPSA) is 38.3 Å². The number of hydrogen-bond donors (Lipinski definition) is 1. The van der Waals surface area contributed by atoms with E-state index in [1.54, 1.807) is 0 Å². The van der Waals surface area contributed by atoms with Crippen LogP contribution < -0.4 is 5.32 Å². The summed E-state index contributed by atoms with van der Waals surface area (Å²) in [7, 11) is 0. The lowest BCUT2D eigenvalue weighted by Gasteiger charge is -2.35. The molecular formula is C19H30BrNO2. The van der Waals surface area contributed by atoms with E-state index in [1.165, 1.54) is 0 Å². The van der Waals surface area contributed by atoms with E-state index in [-0.39, 0.29) is 16.8 Å². The van der Waals surface area contributed by atoms with Gasteiger partial charge in [0.05, 0.1) is 6.61 Å². The third kappa shape index (κ3) is 8.40. The van der Waals surface area contributed by atoms with Gasteiger partial charge in [-0.1, -0.05) is 43.6 Å². The second-order valence-corrected chi connectivity index (χ2v) is 8.59. The maximum atomic E-state index is 11.6. The fourth-order valence-electron chi connectivity index (χ4n) is 3.03. The quantitative estimate of drug-likeness (QED) is 0.560. The zero-order valence-corrected chi connectivity index (χ0v) is 16.6. The Labute approximate surface area is 149 Å². The Morgan fingerprint density at radius 3 is 2.30 bits per heavy atom. The standard InChI is InChI=1S/C19H30BrNO2/c1-6-23-17(22)11-12-18(2,3)13-19(4,5)14-21-16-9-7-15(20)8-10-16/h7-10,21H,6,11-14H2,1-5H3. The normalized spacial score (nSPS) is 12.1. The summed E-state index contributed by atoms with van der Waals surface area (Å²) in [4.78, 5) is 11.6. The highest BCUT2D eigenvalue weighted by Gasteiger charge is 2.29. The lowest BCUT2D eigenvalue weighted by molar-refractivity contribution is -0.143. The predicted octanol–water partition coefficient (Wildman–Crippen LogP) is 5.65. The van der Waals surface area contributed by atoms with Crippen LogP contribution in [0.5, 0.6) is 0 Å². The van der Waals surface area contributed by atoms with Crippen molar-refractivity contribution in [3.05, 3.63) is 28.7 Å². The Morgan fingerprint density at radius 1 is 1.13 bits per heavy atom. The van der Waals surface area contributed by atoms with Crippen molar-refractivity contribution in [3.63, 3.8) is 0 Å². The molecule has 0 fully saturated rings. The summed E-state index contributed by atoms with van der Waals surface area (Å²) in [5.41, 5.74) is 1.38. The first kappa shape index (κ1) is 20.0. The fourth-order valence-corrected chi connectivity index (χ4v) is 3.29. The van der Waals surface area contributed by atoms with E-state index in [2.05, 4.69) is 61.1 Å². The molecule has 130 valence electrons. The monoisotopic (exact) mass is 383 g/mol. The molecule has 0 bridgehead atoms. The Kier molecular flexibility index (Phi) is 7.59. The number of nitrogens with one attached hydrogen (secondary N) is 1. The third-order valence-electron chi connectivity index (χ3n) is 3.88. The van der Waals surface area contributed by atoms with Crippen molar-refractivity contribution in [2.24, 2.45) is 10.8 Å². The fraction of sp³-hybridized carbons (Fsp3) is 0.632. The largest absolute Gasteiger partial charge is 0.466 e. The third-order valence-corrected chi connectivity index (χ3v) is 4.41. The molecule has 1 N–H and O–H groups in total. The molecule has 4 heteroatoms. The second kappa shape index (κ2) is 8.72. The average Bonchev–Trinajstić information content (AvgIpc) is 2.44. The molecule has 0 aliphatic rings. The van der Waals surface area contributed by atoms with Crippen LogP contribution in [-0.4, -0.2) is 19.1 Å². The van der Waals surface area contributed by atoms with Crippen molar-refractivity contribution in [2.45, 2.75) is 53.9 Å².